The first-order chi connectivity index (χ1) is 9.47. The molecule has 20 heavy (non-hydrogen) atoms. The Morgan fingerprint density at radius 2 is 1.95 bits per heavy atom. The molecular formula is C15H21N3O2. The van der Waals surface area contributed by atoms with E-state index in [1.807, 2.05) is 17.9 Å². The first-order valence-corrected chi connectivity index (χ1v) is 6.90. The predicted octanol–water partition coefficient (Wildman–Crippen LogP) is 1.32. The van der Waals surface area contributed by atoms with Gasteiger partial charge in [-0.25, -0.2) is 0 Å². The van der Waals surface area contributed by atoms with E-state index in [9.17, 15) is 9.59 Å². The maximum absolute atomic E-state index is 12.2. The fraction of sp³-hybridized carbons (Fsp3) is 0.467. The first kappa shape index (κ1) is 14.4. The average Bonchev–Trinajstić information content (AvgIpc) is 2.42. The van der Waals surface area contributed by atoms with Crippen LogP contribution in [0.15, 0.2) is 18.2 Å². The maximum atomic E-state index is 12.2. The number of nitrogens with zero attached hydrogens (tertiary/aromatic N) is 1. The second kappa shape index (κ2) is 5.94. The monoisotopic (exact) mass is 275 g/mol. The second-order valence-corrected chi connectivity index (χ2v) is 5.34. The molecule has 5 heteroatoms. The molecule has 0 saturated carbocycles. The highest BCUT2D eigenvalue weighted by atomic mass is 16.2. The number of nitrogens with one attached hydrogen (secondary N) is 1. The first-order valence-electron chi connectivity index (χ1n) is 6.90. The van der Waals surface area contributed by atoms with Gasteiger partial charge in [-0.1, -0.05) is 11.6 Å². The lowest BCUT2D eigenvalue weighted by Gasteiger charge is -2.31. The van der Waals surface area contributed by atoms with Gasteiger partial charge in [0.2, 0.25) is 5.91 Å². The molecule has 2 amide bonds. The van der Waals surface area contributed by atoms with E-state index in [1.54, 1.807) is 19.1 Å². The van der Waals surface area contributed by atoms with E-state index in [-0.39, 0.29) is 17.9 Å². The topological polar surface area (TPSA) is 75.4 Å². The van der Waals surface area contributed by atoms with Gasteiger partial charge in [0.1, 0.15) is 0 Å². The molecule has 1 heterocycles. The number of aryl methyl sites for hydroxylation is 1. The molecule has 1 fully saturated rings. The smallest absolute Gasteiger partial charge is 0.253 e. The highest BCUT2D eigenvalue weighted by molar-refractivity contribution is 5.99. The Hall–Kier alpha value is -2.04. The van der Waals surface area contributed by atoms with Gasteiger partial charge in [-0.2, -0.15) is 0 Å². The third-order valence-electron chi connectivity index (χ3n) is 3.73. The van der Waals surface area contributed by atoms with Crippen molar-refractivity contribution in [1.82, 2.24) is 10.2 Å². The number of carbonyl (C=O) groups is 2. The summed E-state index contributed by atoms with van der Waals surface area (Å²) in [7, 11) is 0. The molecule has 1 aliphatic rings. The lowest BCUT2D eigenvalue weighted by Crippen LogP contribution is -2.46. The number of benzene rings is 1. The van der Waals surface area contributed by atoms with Crippen molar-refractivity contribution in [3.63, 3.8) is 0 Å². The van der Waals surface area contributed by atoms with Gasteiger partial charge < -0.3 is 16.0 Å². The van der Waals surface area contributed by atoms with Crippen LogP contribution in [0, 0.1) is 6.92 Å². The highest BCUT2D eigenvalue weighted by Gasteiger charge is 2.22. The quantitative estimate of drug-likeness (QED) is 0.799. The van der Waals surface area contributed by atoms with Crippen LogP contribution < -0.4 is 11.1 Å². The minimum atomic E-state index is -0.132. The molecule has 0 spiro atoms. The maximum Gasteiger partial charge on any atom is 0.253 e. The lowest BCUT2D eigenvalue weighted by atomic mass is 10.0. The SMILES string of the molecule is CC(=O)N1CCC(NC(=O)c2cc(C)ccc2N)CC1. The Labute approximate surface area is 119 Å². The standard InChI is InChI=1S/C15H21N3O2/c1-10-3-4-14(16)13(9-10)15(20)17-12-5-7-18(8-6-12)11(2)19/h3-4,9,12H,5-8,16H2,1-2H3,(H,17,20). The number of rotatable bonds is 2. The van der Waals surface area contributed by atoms with Gasteiger partial charge in [-0.15, -0.1) is 0 Å². The van der Waals surface area contributed by atoms with E-state index in [4.69, 9.17) is 5.73 Å². The Morgan fingerprint density at radius 1 is 1.30 bits per heavy atom. The molecule has 1 aliphatic heterocycles. The van der Waals surface area contributed by atoms with Gasteiger partial charge in [0.25, 0.3) is 5.91 Å². The van der Waals surface area contributed by atoms with E-state index in [2.05, 4.69) is 5.32 Å². The van der Waals surface area contributed by atoms with Crippen molar-refractivity contribution in [2.75, 3.05) is 18.8 Å². The third kappa shape index (κ3) is 3.29. The van der Waals surface area contributed by atoms with Crippen LogP contribution in [0.4, 0.5) is 5.69 Å². The minimum absolute atomic E-state index is 0.0951. The number of anilines is 1. The molecule has 1 aromatic carbocycles. The predicted molar refractivity (Wildman–Crippen MR) is 78.3 cm³/mol. The van der Waals surface area contributed by atoms with Gasteiger partial charge >= 0.3 is 0 Å². The van der Waals surface area contributed by atoms with Gasteiger partial charge in [-0.05, 0) is 31.9 Å². The van der Waals surface area contributed by atoms with Gasteiger partial charge in [-0.3, -0.25) is 9.59 Å². The zero-order chi connectivity index (χ0) is 14.7. The highest BCUT2D eigenvalue weighted by Crippen LogP contribution is 2.16. The molecule has 0 aliphatic carbocycles. The number of nitrogen functional groups attached to an aromatic ring is 1. The number of hydrogen-bond donors (Lipinski definition) is 2. The molecule has 0 bridgehead atoms. The van der Waals surface area contributed by atoms with E-state index in [0.717, 1.165) is 18.4 Å². The molecule has 3 N–H and O–H groups in total. The van der Waals surface area contributed by atoms with Crippen molar-refractivity contribution in [1.29, 1.82) is 0 Å². The molecule has 1 saturated heterocycles. The summed E-state index contributed by atoms with van der Waals surface area (Å²) >= 11 is 0. The normalized spacial score (nSPS) is 16.0. The summed E-state index contributed by atoms with van der Waals surface area (Å²) in [6.45, 7) is 4.90. The van der Waals surface area contributed by atoms with Crippen molar-refractivity contribution in [3.8, 4) is 0 Å². The van der Waals surface area contributed by atoms with Gasteiger partial charge in [0.05, 0.1) is 5.56 Å². The zero-order valence-corrected chi connectivity index (χ0v) is 12.0. The van der Waals surface area contributed by atoms with E-state index < -0.39 is 0 Å². The number of piperidine rings is 1. The molecule has 2 rings (SSSR count). The average molecular weight is 275 g/mol. The number of carbonyl (C=O) groups excluding carboxylic acids is 2. The van der Waals surface area contributed by atoms with Crippen LogP contribution in [0.25, 0.3) is 0 Å². The number of hydrogen-bond acceptors (Lipinski definition) is 3. The summed E-state index contributed by atoms with van der Waals surface area (Å²) in [4.78, 5) is 25.3. The largest absolute Gasteiger partial charge is 0.398 e. The van der Waals surface area contributed by atoms with Crippen molar-refractivity contribution in [3.05, 3.63) is 29.3 Å². The minimum Gasteiger partial charge on any atom is -0.398 e. The van der Waals surface area contributed by atoms with E-state index in [0.29, 0.717) is 24.3 Å². The van der Waals surface area contributed by atoms with E-state index in [1.165, 1.54) is 0 Å². The Kier molecular flexibility index (Phi) is 4.27. The van der Waals surface area contributed by atoms with Gasteiger partial charge in [0.15, 0.2) is 0 Å². The Balaban J connectivity index is 1.96. The zero-order valence-electron chi connectivity index (χ0n) is 12.0. The molecule has 108 valence electrons. The summed E-state index contributed by atoms with van der Waals surface area (Å²) in [6, 6.07) is 5.55. The van der Waals surface area contributed by atoms with Crippen LogP contribution in [0.5, 0.6) is 0 Å². The summed E-state index contributed by atoms with van der Waals surface area (Å²) in [5.41, 5.74) is 7.88. The molecule has 0 unspecified atom stereocenters. The van der Waals surface area contributed by atoms with E-state index >= 15 is 0 Å². The van der Waals surface area contributed by atoms with Gasteiger partial charge in [0, 0.05) is 31.7 Å². The number of nitrogens with two attached hydrogens (primary N) is 1. The Bertz CT molecular complexity index is 520. The summed E-state index contributed by atoms with van der Waals surface area (Å²) in [6.07, 6.45) is 1.58. The number of likely N-dealkylation sites (tertiary alicyclic amines) is 1. The molecule has 0 radical (unpaired) electrons. The number of amides is 2. The molecule has 5 nitrogen and oxygen atoms in total. The summed E-state index contributed by atoms with van der Waals surface area (Å²) < 4.78 is 0. The van der Waals surface area contributed by atoms with Crippen LogP contribution in [0.2, 0.25) is 0 Å². The van der Waals surface area contributed by atoms with Crippen molar-refractivity contribution in [2.45, 2.75) is 32.7 Å². The second-order valence-electron chi connectivity index (χ2n) is 5.34. The Morgan fingerprint density at radius 3 is 2.55 bits per heavy atom. The fourth-order valence-electron chi connectivity index (χ4n) is 2.47. The van der Waals surface area contributed by atoms with Crippen LogP contribution in [-0.4, -0.2) is 35.8 Å². The molecule has 0 aromatic heterocycles. The summed E-state index contributed by atoms with van der Waals surface area (Å²) in [5, 5.41) is 3.01. The van der Waals surface area contributed by atoms with Crippen molar-refractivity contribution in [2.24, 2.45) is 0 Å². The molecular weight excluding hydrogens is 254 g/mol. The van der Waals surface area contributed by atoms with Crippen LogP contribution in [-0.2, 0) is 4.79 Å². The van der Waals surface area contributed by atoms with Crippen LogP contribution in [0.1, 0.15) is 35.7 Å². The lowest BCUT2D eigenvalue weighted by molar-refractivity contribution is -0.129. The van der Waals surface area contributed by atoms with Crippen molar-refractivity contribution >= 4 is 17.5 Å². The van der Waals surface area contributed by atoms with Crippen molar-refractivity contribution < 1.29 is 9.59 Å². The third-order valence-corrected chi connectivity index (χ3v) is 3.73. The molecule has 1 aromatic rings. The summed E-state index contributed by atoms with van der Waals surface area (Å²) in [5.74, 6) is -0.0369. The fourth-order valence-corrected chi connectivity index (χ4v) is 2.47. The van der Waals surface area contributed by atoms with Crippen LogP contribution >= 0.6 is 0 Å². The van der Waals surface area contributed by atoms with Crippen LogP contribution in [0.3, 0.4) is 0 Å². The molecule has 0 atom stereocenters.